The highest BCUT2D eigenvalue weighted by Crippen LogP contribution is 2.38. The topological polar surface area (TPSA) is 117 Å². The Morgan fingerprint density at radius 2 is 1.73 bits per heavy atom. The summed E-state index contributed by atoms with van der Waals surface area (Å²) in [7, 11) is 0. The molecule has 0 saturated heterocycles. The second-order valence-corrected chi connectivity index (χ2v) is 9.43. The highest BCUT2D eigenvalue weighted by atomic mass is 19.1. The maximum absolute atomic E-state index is 13.6. The van der Waals surface area contributed by atoms with Gasteiger partial charge in [0.2, 0.25) is 0 Å². The van der Waals surface area contributed by atoms with Crippen molar-refractivity contribution in [1.29, 1.82) is 0 Å². The maximum atomic E-state index is 13.6. The Hall–Kier alpha value is -4.27. The number of carboxylic acid groups (broad SMARTS) is 1. The maximum Gasteiger partial charge on any atom is 0.326 e. The van der Waals surface area contributed by atoms with Crippen LogP contribution in [0.15, 0.2) is 60.9 Å². The number of fused-ring (bicyclic) bond motifs is 1. The summed E-state index contributed by atoms with van der Waals surface area (Å²) in [5.41, 5.74) is 3.77. The van der Waals surface area contributed by atoms with Gasteiger partial charge in [0.1, 0.15) is 23.2 Å². The van der Waals surface area contributed by atoms with Crippen LogP contribution in [0.4, 0.5) is 4.39 Å². The first kappa shape index (κ1) is 24.4. The van der Waals surface area contributed by atoms with Gasteiger partial charge in [0.15, 0.2) is 5.65 Å². The summed E-state index contributed by atoms with van der Waals surface area (Å²) in [6.07, 6.45) is 8.45. The minimum absolute atomic E-state index is 0.0516. The summed E-state index contributed by atoms with van der Waals surface area (Å²) in [6.45, 7) is 0. The van der Waals surface area contributed by atoms with E-state index in [2.05, 4.69) is 15.4 Å². The van der Waals surface area contributed by atoms with Crippen LogP contribution in [0.3, 0.4) is 0 Å². The third-order valence-electron chi connectivity index (χ3n) is 6.94. The summed E-state index contributed by atoms with van der Waals surface area (Å²) in [6, 6.07) is 11.2. The highest BCUT2D eigenvalue weighted by Gasteiger charge is 2.27. The van der Waals surface area contributed by atoms with E-state index in [1.165, 1.54) is 36.9 Å². The van der Waals surface area contributed by atoms with E-state index in [0.717, 1.165) is 42.5 Å². The van der Waals surface area contributed by atoms with Crippen molar-refractivity contribution in [2.24, 2.45) is 0 Å². The molecule has 0 aliphatic heterocycles. The number of halogens is 1. The molecule has 3 N–H and O–H groups in total. The van der Waals surface area contributed by atoms with Crippen molar-refractivity contribution in [2.45, 2.75) is 50.5 Å². The van der Waals surface area contributed by atoms with Gasteiger partial charge in [0.05, 0.1) is 11.9 Å². The SMILES string of the molecule is O=C(N[C@H](Cc1ccc(O)cc1)C(=O)O)c1cnn2c(C3CCCCC3)c(-c3ccc(F)cc3)cnc12. The minimum atomic E-state index is -1.18. The first-order valence-electron chi connectivity index (χ1n) is 12.3. The van der Waals surface area contributed by atoms with Crippen molar-refractivity contribution in [3.63, 3.8) is 0 Å². The number of carbonyl (C=O) groups excluding carboxylic acids is 1. The Morgan fingerprint density at radius 1 is 1.03 bits per heavy atom. The number of carbonyl (C=O) groups is 2. The number of hydrogen-bond acceptors (Lipinski definition) is 5. The van der Waals surface area contributed by atoms with Crippen LogP contribution in [-0.4, -0.2) is 42.7 Å². The van der Waals surface area contributed by atoms with E-state index in [1.807, 2.05) is 0 Å². The normalized spacial score (nSPS) is 14.9. The molecule has 37 heavy (non-hydrogen) atoms. The van der Waals surface area contributed by atoms with Crippen molar-refractivity contribution < 1.29 is 24.2 Å². The number of aliphatic carboxylic acids is 1. The number of aromatic nitrogens is 3. The van der Waals surface area contributed by atoms with Gasteiger partial charge in [-0.2, -0.15) is 5.10 Å². The molecule has 0 radical (unpaired) electrons. The summed E-state index contributed by atoms with van der Waals surface area (Å²) >= 11 is 0. The number of benzene rings is 2. The molecule has 1 saturated carbocycles. The average molecular weight is 503 g/mol. The van der Waals surface area contributed by atoms with Gasteiger partial charge in [0.25, 0.3) is 5.91 Å². The molecule has 4 aromatic rings. The minimum Gasteiger partial charge on any atom is -0.508 e. The summed E-state index contributed by atoms with van der Waals surface area (Å²) in [5, 5.41) is 26.3. The van der Waals surface area contributed by atoms with Crippen LogP contribution in [0.1, 0.15) is 59.6 Å². The molecule has 9 heteroatoms. The molecule has 1 atom stereocenters. The second kappa shape index (κ2) is 10.4. The Kier molecular flexibility index (Phi) is 6.85. The van der Waals surface area contributed by atoms with Crippen LogP contribution in [-0.2, 0) is 11.2 Å². The van der Waals surface area contributed by atoms with E-state index in [0.29, 0.717) is 11.2 Å². The van der Waals surface area contributed by atoms with E-state index in [9.17, 15) is 24.2 Å². The van der Waals surface area contributed by atoms with Gasteiger partial charge < -0.3 is 15.5 Å². The Morgan fingerprint density at radius 3 is 2.41 bits per heavy atom. The first-order valence-corrected chi connectivity index (χ1v) is 12.3. The molecule has 8 nitrogen and oxygen atoms in total. The fourth-order valence-electron chi connectivity index (χ4n) is 5.03. The van der Waals surface area contributed by atoms with Crippen molar-refractivity contribution in [3.05, 3.63) is 83.6 Å². The number of nitrogens with zero attached hydrogens (tertiary/aromatic N) is 3. The van der Waals surface area contributed by atoms with Crippen molar-refractivity contribution in [1.82, 2.24) is 19.9 Å². The Labute approximate surface area is 212 Å². The molecule has 1 aliphatic rings. The molecule has 1 fully saturated rings. The van der Waals surface area contributed by atoms with Crippen LogP contribution in [0.2, 0.25) is 0 Å². The van der Waals surface area contributed by atoms with Gasteiger partial charge in [-0.3, -0.25) is 4.79 Å². The average Bonchev–Trinajstić information content (AvgIpc) is 3.34. The van der Waals surface area contributed by atoms with Crippen molar-refractivity contribution in [3.8, 4) is 16.9 Å². The van der Waals surface area contributed by atoms with Gasteiger partial charge in [0, 0.05) is 24.1 Å². The van der Waals surface area contributed by atoms with Gasteiger partial charge in [-0.25, -0.2) is 18.7 Å². The molecule has 2 aromatic heterocycles. The number of phenols is 1. The van der Waals surface area contributed by atoms with E-state index in [1.54, 1.807) is 35.0 Å². The number of nitrogens with one attached hydrogen (secondary N) is 1. The number of aromatic hydroxyl groups is 1. The lowest BCUT2D eigenvalue weighted by Crippen LogP contribution is -2.42. The van der Waals surface area contributed by atoms with Gasteiger partial charge in [-0.05, 0) is 48.2 Å². The second-order valence-electron chi connectivity index (χ2n) is 9.43. The van der Waals surface area contributed by atoms with Crippen LogP contribution in [0.5, 0.6) is 5.75 Å². The van der Waals surface area contributed by atoms with Crippen LogP contribution >= 0.6 is 0 Å². The molecule has 2 heterocycles. The zero-order chi connectivity index (χ0) is 25.9. The van der Waals surface area contributed by atoms with E-state index < -0.39 is 17.9 Å². The molecule has 0 bridgehead atoms. The lowest BCUT2D eigenvalue weighted by molar-refractivity contribution is -0.139. The Bertz CT molecular complexity index is 1430. The highest BCUT2D eigenvalue weighted by molar-refractivity contribution is 6.01. The molecule has 1 aliphatic carbocycles. The van der Waals surface area contributed by atoms with E-state index >= 15 is 0 Å². The fraction of sp³-hybridized carbons (Fsp3) is 0.286. The number of phenolic OH excluding ortho intramolecular Hbond substituents is 1. The summed E-state index contributed by atoms with van der Waals surface area (Å²) < 4.78 is 15.3. The zero-order valence-corrected chi connectivity index (χ0v) is 20.1. The number of hydrogen-bond donors (Lipinski definition) is 3. The Balaban J connectivity index is 1.49. The summed E-state index contributed by atoms with van der Waals surface area (Å²) in [5.74, 6) is -1.80. The standard InChI is InChI=1S/C28H27FN4O4/c29-20-10-8-18(9-11-20)22-15-30-26-23(16-31-33(26)25(22)19-4-2-1-3-5-19)27(35)32-24(28(36)37)14-17-6-12-21(34)13-7-17/h6-13,15-16,19,24,34H,1-5,14H2,(H,32,35)(H,36,37)/t24-/m1/s1. The van der Waals surface area contributed by atoms with Crippen molar-refractivity contribution >= 4 is 17.5 Å². The molecule has 2 aromatic carbocycles. The lowest BCUT2D eigenvalue weighted by Gasteiger charge is -2.25. The monoisotopic (exact) mass is 502 g/mol. The van der Waals surface area contributed by atoms with Crippen LogP contribution < -0.4 is 5.32 Å². The van der Waals surface area contributed by atoms with Gasteiger partial charge in [-0.15, -0.1) is 0 Å². The largest absolute Gasteiger partial charge is 0.508 e. The number of rotatable bonds is 7. The predicted octanol–water partition coefficient (Wildman–Crippen LogP) is 4.71. The van der Waals surface area contributed by atoms with Crippen molar-refractivity contribution in [2.75, 3.05) is 0 Å². The smallest absolute Gasteiger partial charge is 0.326 e. The van der Waals surface area contributed by atoms with E-state index in [4.69, 9.17) is 0 Å². The zero-order valence-electron chi connectivity index (χ0n) is 20.1. The fourth-order valence-corrected chi connectivity index (χ4v) is 5.03. The summed E-state index contributed by atoms with van der Waals surface area (Å²) in [4.78, 5) is 29.6. The molecule has 190 valence electrons. The first-order chi connectivity index (χ1) is 17.9. The van der Waals surface area contributed by atoms with Gasteiger partial charge in [-0.1, -0.05) is 43.5 Å². The predicted molar refractivity (Wildman–Crippen MR) is 135 cm³/mol. The van der Waals surface area contributed by atoms with Gasteiger partial charge >= 0.3 is 5.97 Å². The third kappa shape index (κ3) is 5.16. The molecule has 1 amide bonds. The molecular formula is C28H27FN4O4. The molecule has 0 unspecified atom stereocenters. The number of amides is 1. The molecule has 5 rings (SSSR count). The van der Waals surface area contributed by atoms with Crippen LogP contribution in [0.25, 0.3) is 16.8 Å². The molecule has 0 spiro atoms. The molecular weight excluding hydrogens is 475 g/mol. The van der Waals surface area contributed by atoms with Crippen LogP contribution in [0, 0.1) is 5.82 Å². The third-order valence-corrected chi connectivity index (χ3v) is 6.94. The van der Waals surface area contributed by atoms with E-state index in [-0.39, 0.29) is 29.5 Å². The lowest BCUT2D eigenvalue weighted by atomic mass is 9.84. The number of carboxylic acids is 1. The quantitative estimate of drug-likeness (QED) is 0.337.